The number of methoxy groups -OCH3 is 1. The number of halogens is 2. The van der Waals surface area contributed by atoms with E-state index in [1.165, 1.54) is 12.1 Å². The first-order valence-corrected chi connectivity index (χ1v) is 9.19. The van der Waals surface area contributed by atoms with Gasteiger partial charge in [0.25, 0.3) is 0 Å². The van der Waals surface area contributed by atoms with Crippen LogP contribution in [-0.2, 0) is 24.4 Å². The second kappa shape index (κ2) is 8.30. The number of benzene rings is 1. The summed E-state index contributed by atoms with van der Waals surface area (Å²) in [7, 11) is 1.63. The number of aryl methyl sites for hydroxylation is 1. The van der Waals surface area contributed by atoms with E-state index in [-0.39, 0.29) is 12.4 Å². The van der Waals surface area contributed by atoms with Gasteiger partial charge in [0.05, 0.1) is 18.2 Å². The normalized spacial score (nSPS) is 13.8. The number of rotatable bonds is 8. The SMILES string of the molecule is C=CCCc1nc(C2CC2)c(CO)c(-c2ccc(F)cc2Cl)c1COC. The Balaban J connectivity index is 2.29. The van der Waals surface area contributed by atoms with Crippen molar-refractivity contribution in [2.24, 2.45) is 0 Å². The van der Waals surface area contributed by atoms with Crippen molar-refractivity contribution < 1.29 is 14.2 Å². The number of hydrogen-bond acceptors (Lipinski definition) is 3. The van der Waals surface area contributed by atoms with Crippen LogP contribution in [0, 0.1) is 5.82 Å². The molecule has 2 aromatic rings. The summed E-state index contributed by atoms with van der Waals surface area (Å²) < 4.78 is 19.0. The lowest BCUT2D eigenvalue weighted by Crippen LogP contribution is -2.11. The molecule has 1 aliphatic carbocycles. The van der Waals surface area contributed by atoms with Gasteiger partial charge >= 0.3 is 0 Å². The molecule has 3 nitrogen and oxygen atoms in total. The molecule has 5 heteroatoms. The molecule has 0 amide bonds. The zero-order valence-electron chi connectivity index (χ0n) is 14.9. The van der Waals surface area contributed by atoms with Crippen LogP contribution in [0.1, 0.15) is 47.7 Å². The maximum Gasteiger partial charge on any atom is 0.124 e. The molecular formula is C21H23ClFNO2. The third-order valence-corrected chi connectivity index (χ3v) is 5.03. The van der Waals surface area contributed by atoms with E-state index in [0.717, 1.165) is 53.8 Å². The third-order valence-electron chi connectivity index (χ3n) is 4.71. The zero-order valence-corrected chi connectivity index (χ0v) is 15.7. The van der Waals surface area contributed by atoms with Gasteiger partial charge in [-0.25, -0.2) is 4.39 Å². The van der Waals surface area contributed by atoms with E-state index in [0.29, 0.717) is 23.1 Å². The Bertz CT molecular complexity index is 818. The molecule has 1 saturated carbocycles. The van der Waals surface area contributed by atoms with Crippen molar-refractivity contribution >= 4 is 11.6 Å². The fraction of sp³-hybridized carbons (Fsp3) is 0.381. The lowest BCUT2D eigenvalue weighted by molar-refractivity contribution is 0.184. The molecule has 0 aliphatic heterocycles. The van der Waals surface area contributed by atoms with Gasteiger partial charge in [-0.3, -0.25) is 4.98 Å². The van der Waals surface area contributed by atoms with Crippen molar-refractivity contribution in [3.8, 4) is 11.1 Å². The first kappa shape index (κ1) is 19.0. The Morgan fingerprint density at radius 1 is 1.38 bits per heavy atom. The second-order valence-corrected chi connectivity index (χ2v) is 7.00. The van der Waals surface area contributed by atoms with Crippen LogP contribution in [0.5, 0.6) is 0 Å². The monoisotopic (exact) mass is 375 g/mol. The molecule has 26 heavy (non-hydrogen) atoms. The predicted molar refractivity (Wildman–Crippen MR) is 102 cm³/mol. The summed E-state index contributed by atoms with van der Waals surface area (Å²) >= 11 is 6.37. The molecular weight excluding hydrogens is 353 g/mol. The van der Waals surface area contributed by atoms with Crippen LogP contribution < -0.4 is 0 Å². The van der Waals surface area contributed by atoms with Crippen molar-refractivity contribution in [1.29, 1.82) is 0 Å². The largest absolute Gasteiger partial charge is 0.392 e. The van der Waals surface area contributed by atoms with Gasteiger partial charge in [-0.1, -0.05) is 17.7 Å². The van der Waals surface area contributed by atoms with E-state index < -0.39 is 0 Å². The Morgan fingerprint density at radius 2 is 2.15 bits per heavy atom. The first-order valence-electron chi connectivity index (χ1n) is 8.81. The highest BCUT2D eigenvalue weighted by Gasteiger charge is 2.31. The van der Waals surface area contributed by atoms with Gasteiger partial charge in [0.1, 0.15) is 5.82 Å². The number of allylic oxidation sites excluding steroid dienone is 1. The third kappa shape index (κ3) is 3.83. The lowest BCUT2D eigenvalue weighted by atomic mass is 9.90. The summed E-state index contributed by atoms with van der Waals surface area (Å²) in [6.45, 7) is 4.01. The minimum absolute atomic E-state index is 0.139. The van der Waals surface area contributed by atoms with Crippen LogP contribution in [0.3, 0.4) is 0 Å². The molecule has 1 aromatic heterocycles. The highest BCUT2D eigenvalue weighted by molar-refractivity contribution is 6.33. The van der Waals surface area contributed by atoms with E-state index >= 15 is 0 Å². The van der Waals surface area contributed by atoms with Gasteiger partial charge in [-0.15, -0.1) is 6.58 Å². The minimum Gasteiger partial charge on any atom is -0.392 e. The summed E-state index contributed by atoms with van der Waals surface area (Å²) in [5, 5.41) is 10.4. The summed E-state index contributed by atoms with van der Waals surface area (Å²) in [6.07, 6.45) is 5.53. The molecule has 1 fully saturated rings. The van der Waals surface area contributed by atoms with Gasteiger partial charge in [0.15, 0.2) is 0 Å². The molecule has 1 heterocycles. The maximum absolute atomic E-state index is 13.6. The van der Waals surface area contributed by atoms with E-state index in [9.17, 15) is 9.50 Å². The number of nitrogens with zero attached hydrogens (tertiary/aromatic N) is 1. The van der Waals surface area contributed by atoms with Crippen LogP contribution >= 0.6 is 11.6 Å². The van der Waals surface area contributed by atoms with Gasteiger partial charge < -0.3 is 9.84 Å². The molecule has 1 aliphatic rings. The topological polar surface area (TPSA) is 42.4 Å². The Kier molecular flexibility index (Phi) is 6.07. The highest BCUT2D eigenvalue weighted by atomic mass is 35.5. The number of pyridine rings is 1. The fourth-order valence-electron chi connectivity index (χ4n) is 3.35. The van der Waals surface area contributed by atoms with Crippen LogP contribution in [0.4, 0.5) is 4.39 Å². The van der Waals surface area contributed by atoms with Crippen molar-refractivity contribution in [3.63, 3.8) is 0 Å². The molecule has 0 unspecified atom stereocenters. The molecule has 0 saturated heterocycles. The first-order chi connectivity index (χ1) is 12.6. The molecule has 1 N–H and O–H groups in total. The average Bonchev–Trinajstić information content (AvgIpc) is 3.45. The Labute approximate surface area is 158 Å². The predicted octanol–water partition coefficient (Wildman–Crippen LogP) is 5.18. The molecule has 0 spiro atoms. The standard InChI is InChI=1S/C21H23ClFNO2/c1-3-4-5-19-17(12-26-2)20(15-9-8-14(23)10-18(15)22)16(11-25)21(24-19)13-6-7-13/h3,8-10,13,25H,1,4-7,11-12H2,2H3. The van der Waals surface area contributed by atoms with Crippen molar-refractivity contribution in [1.82, 2.24) is 4.98 Å². The summed E-state index contributed by atoms with van der Waals surface area (Å²) in [4.78, 5) is 4.89. The minimum atomic E-state index is -0.388. The Hall–Kier alpha value is -1.75. The molecule has 0 bridgehead atoms. The molecule has 138 valence electrons. The number of hydrogen-bond donors (Lipinski definition) is 1. The molecule has 0 radical (unpaired) electrons. The van der Waals surface area contributed by atoms with Crippen LogP contribution in [0.15, 0.2) is 30.9 Å². The smallest absolute Gasteiger partial charge is 0.124 e. The van der Waals surface area contributed by atoms with Crippen LogP contribution in [0.25, 0.3) is 11.1 Å². The fourth-order valence-corrected chi connectivity index (χ4v) is 3.61. The van der Waals surface area contributed by atoms with Crippen molar-refractivity contribution in [3.05, 3.63) is 64.2 Å². The summed E-state index contributed by atoms with van der Waals surface area (Å²) in [5.74, 6) is -0.0184. The number of ether oxygens (including phenoxy) is 1. The molecule has 0 atom stereocenters. The van der Waals surface area contributed by atoms with Gasteiger partial charge in [-0.05, 0) is 49.4 Å². The summed E-state index contributed by atoms with van der Waals surface area (Å²) in [6, 6.07) is 4.36. The van der Waals surface area contributed by atoms with Crippen molar-refractivity contribution in [2.45, 2.75) is 44.8 Å². The van der Waals surface area contributed by atoms with E-state index in [4.69, 9.17) is 21.3 Å². The molecule has 1 aromatic carbocycles. The van der Waals surface area contributed by atoms with Gasteiger partial charge in [0, 0.05) is 41.1 Å². The second-order valence-electron chi connectivity index (χ2n) is 6.59. The average molecular weight is 376 g/mol. The number of aliphatic hydroxyl groups excluding tert-OH is 1. The maximum atomic E-state index is 13.6. The van der Waals surface area contributed by atoms with Crippen LogP contribution in [-0.4, -0.2) is 17.2 Å². The van der Waals surface area contributed by atoms with Crippen LogP contribution in [0.2, 0.25) is 5.02 Å². The zero-order chi connectivity index (χ0) is 18.7. The lowest BCUT2D eigenvalue weighted by Gasteiger charge is -2.21. The van der Waals surface area contributed by atoms with Gasteiger partial charge in [-0.2, -0.15) is 0 Å². The summed E-state index contributed by atoms with van der Waals surface area (Å²) in [5.41, 5.74) is 5.07. The van der Waals surface area contributed by atoms with Gasteiger partial charge in [0.2, 0.25) is 0 Å². The quantitative estimate of drug-likeness (QED) is 0.647. The molecule has 3 rings (SSSR count). The van der Waals surface area contributed by atoms with E-state index in [1.807, 2.05) is 6.08 Å². The van der Waals surface area contributed by atoms with E-state index in [1.54, 1.807) is 13.2 Å². The van der Waals surface area contributed by atoms with Crippen molar-refractivity contribution in [2.75, 3.05) is 7.11 Å². The number of aliphatic hydroxyl groups is 1. The Morgan fingerprint density at radius 3 is 2.73 bits per heavy atom. The van der Waals surface area contributed by atoms with E-state index in [2.05, 4.69) is 6.58 Å². The highest BCUT2D eigenvalue weighted by Crippen LogP contribution is 2.45. The number of aromatic nitrogens is 1.